The van der Waals surface area contributed by atoms with Crippen LogP contribution >= 0.6 is 0 Å². The van der Waals surface area contributed by atoms with Gasteiger partial charge < -0.3 is 4.74 Å². The van der Waals surface area contributed by atoms with Crippen molar-refractivity contribution in [2.24, 2.45) is 0 Å². The van der Waals surface area contributed by atoms with E-state index in [1.54, 1.807) is 0 Å². The van der Waals surface area contributed by atoms with Crippen molar-refractivity contribution in [1.82, 2.24) is 4.90 Å². The molecule has 2 atom stereocenters. The summed E-state index contributed by atoms with van der Waals surface area (Å²) in [6, 6.07) is 10.6. The molecule has 2 aliphatic heterocycles. The number of hydrogen-bond acceptors (Lipinski definition) is 3. The highest BCUT2D eigenvalue weighted by atomic mass is 16.5. The number of carbonyl (C=O) groups is 1. The van der Waals surface area contributed by atoms with E-state index >= 15 is 0 Å². The van der Waals surface area contributed by atoms with Crippen LogP contribution in [0.1, 0.15) is 30.9 Å². The molecule has 0 bridgehead atoms. The van der Waals surface area contributed by atoms with Gasteiger partial charge in [-0.15, -0.1) is 0 Å². The Labute approximate surface area is 101 Å². The van der Waals surface area contributed by atoms with E-state index in [9.17, 15) is 4.79 Å². The molecule has 2 aliphatic rings. The van der Waals surface area contributed by atoms with Crippen molar-refractivity contribution in [2.45, 2.75) is 31.3 Å². The lowest BCUT2D eigenvalue weighted by Gasteiger charge is -2.43. The lowest BCUT2D eigenvalue weighted by molar-refractivity contribution is -0.165. The quantitative estimate of drug-likeness (QED) is 0.693. The molecule has 3 rings (SSSR count). The van der Waals surface area contributed by atoms with Crippen LogP contribution in [0.5, 0.6) is 0 Å². The van der Waals surface area contributed by atoms with Crippen LogP contribution in [0.3, 0.4) is 0 Å². The fraction of sp³-hybridized carbons (Fsp3) is 0.500. The number of piperidine rings is 1. The molecule has 0 radical (unpaired) electrons. The summed E-state index contributed by atoms with van der Waals surface area (Å²) in [5.41, 5.74) is 1.26. The number of hydrogen-bond donors (Lipinski definition) is 0. The van der Waals surface area contributed by atoms with Gasteiger partial charge >= 0.3 is 5.97 Å². The Morgan fingerprint density at radius 2 is 1.94 bits per heavy atom. The molecule has 0 N–H and O–H groups in total. The Morgan fingerprint density at radius 1 is 1.12 bits per heavy atom. The molecule has 3 nitrogen and oxygen atoms in total. The molecule has 0 aromatic heterocycles. The molecule has 90 valence electrons. The fourth-order valence-electron chi connectivity index (χ4n) is 2.90. The molecule has 0 aliphatic carbocycles. The minimum atomic E-state index is -0.0307. The van der Waals surface area contributed by atoms with Crippen LogP contribution < -0.4 is 0 Å². The second-order valence-electron chi connectivity index (χ2n) is 4.81. The summed E-state index contributed by atoms with van der Waals surface area (Å²) >= 11 is 0. The summed E-state index contributed by atoms with van der Waals surface area (Å²) in [6.07, 6.45) is 3.27. The number of morpholine rings is 1. The molecule has 0 saturated carbocycles. The summed E-state index contributed by atoms with van der Waals surface area (Å²) < 4.78 is 5.33. The number of ether oxygens (including phenoxy) is 1. The van der Waals surface area contributed by atoms with E-state index in [4.69, 9.17) is 4.74 Å². The Balaban J connectivity index is 1.87. The van der Waals surface area contributed by atoms with Crippen molar-refractivity contribution < 1.29 is 9.53 Å². The maximum absolute atomic E-state index is 11.7. The minimum Gasteiger partial charge on any atom is -0.462 e. The van der Waals surface area contributed by atoms with Gasteiger partial charge in [-0.2, -0.15) is 0 Å². The largest absolute Gasteiger partial charge is 0.462 e. The number of benzene rings is 1. The summed E-state index contributed by atoms with van der Waals surface area (Å²) in [4.78, 5) is 14.1. The number of esters is 1. The second-order valence-corrected chi connectivity index (χ2v) is 4.81. The average molecular weight is 231 g/mol. The predicted octanol–water partition coefficient (Wildman–Crippen LogP) is 2.14. The van der Waals surface area contributed by atoms with Crippen molar-refractivity contribution in [3.05, 3.63) is 35.9 Å². The molecule has 2 fully saturated rings. The van der Waals surface area contributed by atoms with Gasteiger partial charge in [-0.1, -0.05) is 36.8 Å². The van der Waals surface area contributed by atoms with Crippen LogP contribution in [0.4, 0.5) is 0 Å². The normalized spacial score (nSPS) is 29.5. The molecule has 2 saturated heterocycles. The number of fused-ring (bicyclic) bond motifs is 1. The Hall–Kier alpha value is -1.35. The van der Waals surface area contributed by atoms with E-state index in [-0.39, 0.29) is 18.1 Å². The Morgan fingerprint density at radius 3 is 2.76 bits per heavy atom. The highest BCUT2D eigenvalue weighted by Crippen LogP contribution is 2.32. The first-order valence-corrected chi connectivity index (χ1v) is 6.33. The summed E-state index contributed by atoms with van der Waals surface area (Å²) in [5.74, 6) is -0.0307. The lowest BCUT2D eigenvalue weighted by atomic mass is 9.95. The van der Waals surface area contributed by atoms with Crippen LogP contribution in [0.25, 0.3) is 0 Å². The predicted molar refractivity (Wildman–Crippen MR) is 64.5 cm³/mol. The number of nitrogens with zero attached hydrogens (tertiary/aromatic N) is 1. The van der Waals surface area contributed by atoms with E-state index in [2.05, 4.69) is 17.0 Å². The third-order valence-electron chi connectivity index (χ3n) is 3.78. The first-order chi connectivity index (χ1) is 8.36. The molecular formula is C14H17NO2. The minimum absolute atomic E-state index is 0.0114. The first-order valence-electron chi connectivity index (χ1n) is 6.33. The smallest absolute Gasteiger partial charge is 0.323 e. The van der Waals surface area contributed by atoms with Crippen LogP contribution in [-0.2, 0) is 9.53 Å². The average Bonchev–Trinajstić information content (AvgIpc) is 2.41. The molecule has 1 aromatic carbocycles. The highest BCUT2D eigenvalue weighted by Gasteiger charge is 2.39. The van der Waals surface area contributed by atoms with Gasteiger partial charge in [0.2, 0.25) is 0 Å². The third-order valence-corrected chi connectivity index (χ3v) is 3.78. The summed E-state index contributed by atoms with van der Waals surface area (Å²) in [7, 11) is 0. The van der Waals surface area contributed by atoms with Gasteiger partial charge in [-0.3, -0.25) is 9.69 Å². The maximum atomic E-state index is 11.7. The van der Waals surface area contributed by atoms with Crippen LogP contribution in [0.2, 0.25) is 0 Å². The number of rotatable bonds is 1. The molecule has 3 heteroatoms. The molecule has 1 unspecified atom stereocenters. The topological polar surface area (TPSA) is 29.5 Å². The van der Waals surface area contributed by atoms with Crippen LogP contribution in [0.15, 0.2) is 30.3 Å². The number of carbonyl (C=O) groups excluding carboxylic acids is 1. The standard InChI is InChI=1S/C14H17NO2/c16-14-12-8-4-5-9-15(12)13(10-17-14)11-6-2-1-3-7-11/h1-3,6-7,12-13H,4-5,8-10H2/t12?,13-/m0/s1. The molecule has 0 amide bonds. The SMILES string of the molecule is O=C1OC[C@@H](c2ccccc2)N2CCCCC12. The zero-order valence-electron chi connectivity index (χ0n) is 9.84. The zero-order valence-corrected chi connectivity index (χ0v) is 9.84. The van der Waals surface area contributed by atoms with Crippen molar-refractivity contribution in [1.29, 1.82) is 0 Å². The van der Waals surface area contributed by atoms with Gasteiger partial charge in [-0.25, -0.2) is 0 Å². The monoisotopic (exact) mass is 231 g/mol. The molecule has 17 heavy (non-hydrogen) atoms. The van der Waals surface area contributed by atoms with Crippen LogP contribution in [0, 0.1) is 0 Å². The van der Waals surface area contributed by atoms with Crippen molar-refractivity contribution in [2.75, 3.05) is 13.2 Å². The second kappa shape index (κ2) is 4.49. The molecule has 1 aromatic rings. The van der Waals surface area contributed by atoms with Gasteiger partial charge in [0.25, 0.3) is 0 Å². The summed E-state index contributed by atoms with van der Waals surface area (Å²) in [5, 5.41) is 0. The molecular weight excluding hydrogens is 214 g/mol. The van der Waals surface area contributed by atoms with Gasteiger partial charge in [0.1, 0.15) is 12.6 Å². The Bertz CT molecular complexity index is 404. The van der Waals surface area contributed by atoms with Gasteiger partial charge in [0.05, 0.1) is 6.04 Å². The first kappa shape index (κ1) is 10.8. The molecule has 2 heterocycles. The van der Waals surface area contributed by atoms with E-state index in [0.29, 0.717) is 6.61 Å². The van der Waals surface area contributed by atoms with Crippen LogP contribution in [-0.4, -0.2) is 30.1 Å². The van der Waals surface area contributed by atoms with Gasteiger partial charge in [0.15, 0.2) is 0 Å². The van der Waals surface area contributed by atoms with Crippen molar-refractivity contribution >= 4 is 5.97 Å². The maximum Gasteiger partial charge on any atom is 0.323 e. The van der Waals surface area contributed by atoms with Gasteiger partial charge in [-0.05, 0) is 24.9 Å². The lowest BCUT2D eigenvalue weighted by Crippen LogP contribution is -2.52. The summed E-state index contributed by atoms with van der Waals surface area (Å²) in [6.45, 7) is 1.51. The van der Waals surface area contributed by atoms with E-state index < -0.39 is 0 Å². The molecule has 0 spiro atoms. The van der Waals surface area contributed by atoms with Gasteiger partial charge in [0, 0.05) is 0 Å². The third kappa shape index (κ3) is 1.95. The van der Waals surface area contributed by atoms with E-state index in [1.165, 1.54) is 12.0 Å². The zero-order chi connectivity index (χ0) is 11.7. The number of cyclic esters (lactones) is 1. The highest BCUT2D eigenvalue weighted by molar-refractivity contribution is 5.76. The van der Waals surface area contributed by atoms with Crippen molar-refractivity contribution in [3.8, 4) is 0 Å². The van der Waals surface area contributed by atoms with E-state index in [0.717, 1.165) is 19.4 Å². The van der Waals surface area contributed by atoms with E-state index in [1.807, 2.05) is 18.2 Å². The Kier molecular flexibility index (Phi) is 2.85. The fourth-order valence-corrected chi connectivity index (χ4v) is 2.90. The van der Waals surface area contributed by atoms with Crippen molar-refractivity contribution in [3.63, 3.8) is 0 Å².